The number of hydrogen-bond donors (Lipinski definition) is 2. The first-order chi connectivity index (χ1) is 8.54. The van der Waals surface area contributed by atoms with Gasteiger partial charge in [0.1, 0.15) is 5.92 Å². The van der Waals surface area contributed by atoms with Gasteiger partial charge in [-0.1, -0.05) is 37.3 Å². The van der Waals surface area contributed by atoms with Crippen LogP contribution in [0.3, 0.4) is 0 Å². The van der Waals surface area contributed by atoms with Crippen molar-refractivity contribution in [2.75, 3.05) is 0 Å². The lowest BCUT2D eigenvalue weighted by atomic mass is 9.69. The fourth-order valence-electron chi connectivity index (χ4n) is 2.62. The quantitative estimate of drug-likeness (QED) is 0.585. The third kappa shape index (κ3) is 1.51. The lowest BCUT2D eigenvalue weighted by Crippen LogP contribution is -2.45. The minimum atomic E-state index is -1.18. The van der Waals surface area contributed by atoms with Crippen LogP contribution in [0.15, 0.2) is 30.3 Å². The van der Waals surface area contributed by atoms with E-state index in [1.165, 1.54) is 0 Å². The third-order valence-corrected chi connectivity index (χ3v) is 3.53. The van der Waals surface area contributed by atoms with Gasteiger partial charge in [-0.2, -0.15) is 0 Å². The molecule has 18 heavy (non-hydrogen) atoms. The molecule has 2 rings (SSSR count). The number of benzene rings is 1. The minimum absolute atomic E-state index is 0.336. The third-order valence-electron chi connectivity index (χ3n) is 3.53. The molecular weight excluding hydrogens is 232 g/mol. The zero-order chi connectivity index (χ0) is 13.3. The maximum atomic E-state index is 12.1. The number of nitrogens with two attached hydrogens (primary N) is 1. The number of rotatable bonds is 3. The molecule has 2 unspecified atom stereocenters. The van der Waals surface area contributed by atoms with Crippen molar-refractivity contribution in [1.82, 2.24) is 5.32 Å². The normalized spacial score (nSPS) is 27.1. The van der Waals surface area contributed by atoms with Crippen LogP contribution in [0.4, 0.5) is 0 Å². The number of imide groups is 1. The van der Waals surface area contributed by atoms with Gasteiger partial charge in [0.25, 0.3) is 0 Å². The van der Waals surface area contributed by atoms with Crippen molar-refractivity contribution in [3.8, 4) is 0 Å². The summed E-state index contributed by atoms with van der Waals surface area (Å²) < 4.78 is 0. The van der Waals surface area contributed by atoms with Gasteiger partial charge in [-0.15, -0.1) is 0 Å². The summed E-state index contributed by atoms with van der Waals surface area (Å²) in [5.74, 6) is -2.98. The fourth-order valence-corrected chi connectivity index (χ4v) is 2.62. The van der Waals surface area contributed by atoms with E-state index in [9.17, 15) is 14.4 Å². The summed E-state index contributed by atoms with van der Waals surface area (Å²) in [6.45, 7) is 1.76. The van der Waals surface area contributed by atoms with Gasteiger partial charge in [-0.25, -0.2) is 0 Å². The number of carbonyl (C=O) groups excluding carboxylic acids is 3. The van der Waals surface area contributed by atoms with E-state index in [0.717, 1.165) is 0 Å². The van der Waals surface area contributed by atoms with Crippen molar-refractivity contribution in [1.29, 1.82) is 0 Å². The molecule has 0 aliphatic carbocycles. The summed E-state index contributed by atoms with van der Waals surface area (Å²) in [4.78, 5) is 35.4. The highest BCUT2D eigenvalue weighted by molar-refractivity contribution is 6.18. The summed E-state index contributed by atoms with van der Waals surface area (Å²) in [5.41, 5.74) is 4.75. The van der Waals surface area contributed by atoms with E-state index < -0.39 is 29.1 Å². The molecule has 1 fully saturated rings. The van der Waals surface area contributed by atoms with Crippen LogP contribution in [0.2, 0.25) is 0 Å². The highest BCUT2D eigenvalue weighted by atomic mass is 16.2. The first kappa shape index (κ1) is 12.3. The van der Waals surface area contributed by atoms with Crippen molar-refractivity contribution in [3.05, 3.63) is 35.9 Å². The van der Waals surface area contributed by atoms with E-state index in [0.29, 0.717) is 12.0 Å². The largest absolute Gasteiger partial charge is 0.369 e. The Bertz CT molecular complexity index is 512. The number of primary amides is 1. The van der Waals surface area contributed by atoms with Crippen LogP contribution >= 0.6 is 0 Å². The Hall–Kier alpha value is -2.17. The molecule has 3 N–H and O–H groups in total. The molecular formula is C13H14N2O3. The molecule has 0 spiro atoms. The maximum absolute atomic E-state index is 12.1. The molecule has 5 nitrogen and oxygen atoms in total. The molecule has 94 valence electrons. The molecule has 1 aliphatic rings. The van der Waals surface area contributed by atoms with Gasteiger partial charge in [0.05, 0.1) is 5.41 Å². The lowest BCUT2D eigenvalue weighted by Gasteiger charge is -2.28. The van der Waals surface area contributed by atoms with Crippen molar-refractivity contribution in [2.24, 2.45) is 11.7 Å². The van der Waals surface area contributed by atoms with Crippen LogP contribution in [-0.4, -0.2) is 17.7 Å². The van der Waals surface area contributed by atoms with Gasteiger partial charge in [0, 0.05) is 0 Å². The first-order valence-corrected chi connectivity index (χ1v) is 5.74. The molecule has 1 aliphatic heterocycles. The van der Waals surface area contributed by atoms with Crippen LogP contribution in [0.25, 0.3) is 0 Å². The molecule has 5 heteroatoms. The Kier molecular flexibility index (Phi) is 2.90. The van der Waals surface area contributed by atoms with Crippen LogP contribution < -0.4 is 11.1 Å². The van der Waals surface area contributed by atoms with Gasteiger partial charge in [0.15, 0.2) is 0 Å². The Morgan fingerprint density at radius 2 is 1.94 bits per heavy atom. The molecule has 3 amide bonds. The molecule has 0 bridgehead atoms. The average molecular weight is 246 g/mol. The highest BCUT2D eigenvalue weighted by Gasteiger charge is 2.57. The Balaban J connectivity index is 2.63. The lowest BCUT2D eigenvalue weighted by molar-refractivity contribution is -0.133. The molecule has 2 atom stereocenters. The van der Waals surface area contributed by atoms with E-state index in [1.54, 1.807) is 37.3 Å². The fraction of sp³-hybridized carbons (Fsp3) is 0.308. The zero-order valence-corrected chi connectivity index (χ0v) is 9.97. The van der Waals surface area contributed by atoms with Crippen LogP contribution in [-0.2, 0) is 19.8 Å². The molecule has 0 saturated carbocycles. The summed E-state index contributed by atoms with van der Waals surface area (Å²) in [5, 5.41) is 2.21. The average Bonchev–Trinajstić information content (AvgIpc) is 2.61. The number of amides is 3. The minimum Gasteiger partial charge on any atom is -0.369 e. The van der Waals surface area contributed by atoms with Gasteiger partial charge >= 0.3 is 0 Å². The van der Waals surface area contributed by atoms with Gasteiger partial charge in [-0.3, -0.25) is 19.7 Å². The number of nitrogens with one attached hydrogen (secondary N) is 1. The molecule has 0 radical (unpaired) electrons. The second-order valence-corrected chi connectivity index (χ2v) is 4.34. The highest BCUT2D eigenvalue weighted by Crippen LogP contribution is 2.40. The van der Waals surface area contributed by atoms with Crippen molar-refractivity contribution < 1.29 is 14.4 Å². The van der Waals surface area contributed by atoms with Gasteiger partial charge in [-0.05, 0) is 12.0 Å². The van der Waals surface area contributed by atoms with Crippen LogP contribution in [0, 0.1) is 5.92 Å². The van der Waals surface area contributed by atoms with E-state index in [-0.39, 0.29) is 0 Å². The van der Waals surface area contributed by atoms with Crippen LogP contribution in [0.5, 0.6) is 0 Å². The molecule has 0 aromatic heterocycles. The second kappa shape index (κ2) is 4.25. The SMILES string of the molecule is CCC1(c2ccccc2)C(=O)NC(=O)C1C(N)=O. The standard InChI is InChI=1S/C13H14N2O3/c1-2-13(8-6-4-3-5-7-8)9(10(14)16)11(17)15-12(13)18/h3-7,9H,2H2,1H3,(H2,14,16)(H,15,17,18). The van der Waals surface area contributed by atoms with Crippen molar-refractivity contribution in [3.63, 3.8) is 0 Å². The van der Waals surface area contributed by atoms with E-state index in [2.05, 4.69) is 5.32 Å². The van der Waals surface area contributed by atoms with Gasteiger partial charge < -0.3 is 5.73 Å². The maximum Gasteiger partial charge on any atom is 0.240 e. The summed E-state index contributed by atoms with van der Waals surface area (Å²) in [6, 6.07) is 8.80. The molecule has 1 heterocycles. The van der Waals surface area contributed by atoms with Crippen molar-refractivity contribution >= 4 is 17.7 Å². The molecule has 1 aromatic rings. The molecule has 1 saturated heterocycles. The van der Waals surface area contributed by atoms with E-state index >= 15 is 0 Å². The topological polar surface area (TPSA) is 89.3 Å². The summed E-state index contributed by atoms with van der Waals surface area (Å²) in [7, 11) is 0. The number of carbonyl (C=O) groups is 3. The predicted molar refractivity (Wildman–Crippen MR) is 64.2 cm³/mol. The number of hydrogen-bond acceptors (Lipinski definition) is 3. The van der Waals surface area contributed by atoms with Crippen LogP contribution in [0.1, 0.15) is 18.9 Å². The Labute approximate surface area is 104 Å². The second-order valence-electron chi connectivity index (χ2n) is 4.34. The van der Waals surface area contributed by atoms with E-state index in [1.807, 2.05) is 0 Å². The van der Waals surface area contributed by atoms with E-state index in [4.69, 9.17) is 5.73 Å². The zero-order valence-electron chi connectivity index (χ0n) is 9.97. The van der Waals surface area contributed by atoms with Gasteiger partial charge in [0.2, 0.25) is 17.7 Å². The summed E-state index contributed by atoms with van der Waals surface area (Å²) >= 11 is 0. The smallest absolute Gasteiger partial charge is 0.240 e. The monoisotopic (exact) mass is 246 g/mol. The summed E-state index contributed by atoms with van der Waals surface area (Å²) in [6.07, 6.45) is 0.336. The molecule has 1 aromatic carbocycles. The predicted octanol–water partition coefficient (Wildman–Crippen LogP) is 0.0923. The first-order valence-electron chi connectivity index (χ1n) is 5.74. The Morgan fingerprint density at radius 1 is 1.33 bits per heavy atom. The Morgan fingerprint density at radius 3 is 2.44 bits per heavy atom. The van der Waals surface area contributed by atoms with Crippen molar-refractivity contribution in [2.45, 2.75) is 18.8 Å².